The van der Waals surface area contributed by atoms with E-state index in [1.165, 1.54) is 0 Å². The van der Waals surface area contributed by atoms with E-state index in [9.17, 15) is 0 Å². The molecule has 0 atom stereocenters. The van der Waals surface area contributed by atoms with E-state index in [2.05, 4.69) is 39.0 Å². The van der Waals surface area contributed by atoms with Gasteiger partial charge in [0.15, 0.2) is 0 Å². The summed E-state index contributed by atoms with van der Waals surface area (Å²) in [6, 6.07) is 12.4. The second-order valence-corrected chi connectivity index (χ2v) is 6.18. The fourth-order valence-corrected chi connectivity index (χ4v) is 3.65. The van der Waals surface area contributed by atoms with E-state index >= 15 is 0 Å². The Morgan fingerprint density at radius 2 is 1.20 bits per heavy atom. The molecule has 0 aliphatic carbocycles. The van der Waals surface area contributed by atoms with Crippen LogP contribution in [0.15, 0.2) is 36.4 Å². The summed E-state index contributed by atoms with van der Waals surface area (Å²) in [6.07, 6.45) is 0. The molecule has 3 rings (SSSR count). The molecule has 0 aliphatic rings. The SMILES string of the molecule is COc1c(C)c(C)c(OC)c(-c2ccc(OC)c3ccccc23)c1C. The minimum atomic E-state index is 0.867. The lowest BCUT2D eigenvalue weighted by Gasteiger charge is -2.22. The third-order valence-electron chi connectivity index (χ3n) is 4.97. The number of rotatable bonds is 4. The number of hydrogen-bond donors (Lipinski definition) is 0. The van der Waals surface area contributed by atoms with Crippen molar-refractivity contribution in [2.75, 3.05) is 21.3 Å². The molecule has 3 aromatic rings. The van der Waals surface area contributed by atoms with Crippen molar-refractivity contribution < 1.29 is 14.2 Å². The van der Waals surface area contributed by atoms with Gasteiger partial charge in [0.05, 0.1) is 21.3 Å². The first-order chi connectivity index (χ1) is 12.0. The average molecular weight is 336 g/mol. The van der Waals surface area contributed by atoms with Crippen molar-refractivity contribution in [3.05, 3.63) is 53.1 Å². The predicted molar refractivity (Wildman–Crippen MR) is 103 cm³/mol. The quantitative estimate of drug-likeness (QED) is 0.633. The first-order valence-electron chi connectivity index (χ1n) is 8.33. The van der Waals surface area contributed by atoms with E-state index in [0.29, 0.717) is 0 Å². The highest BCUT2D eigenvalue weighted by atomic mass is 16.5. The van der Waals surface area contributed by atoms with Gasteiger partial charge >= 0.3 is 0 Å². The van der Waals surface area contributed by atoms with Crippen LogP contribution in [0.2, 0.25) is 0 Å². The van der Waals surface area contributed by atoms with Crippen LogP contribution >= 0.6 is 0 Å². The number of fused-ring (bicyclic) bond motifs is 1. The zero-order valence-corrected chi connectivity index (χ0v) is 15.7. The van der Waals surface area contributed by atoms with E-state index in [0.717, 1.165) is 55.8 Å². The largest absolute Gasteiger partial charge is 0.496 e. The smallest absolute Gasteiger partial charge is 0.130 e. The summed E-state index contributed by atoms with van der Waals surface area (Å²) < 4.78 is 17.0. The number of ether oxygens (including phenoxy) is 3. The molecule has 25 heavy (non-hydrogen) atoms. The van der Waals surface area contributed by atoms with Crippen molar-refractivity contribution in [1.82, 2.24) is 0 Å². The maximum Gasteiger partial charge on any atom is 0.130 e. The van der Waals surface area contributed by atoms with Crippen LogP contribution < -0.4 is 14.2 Å². The van der Waals surface area contributed by atoms with Crippen LogP contribution in [0.25, 0.3) is 21.9 Å². The molecule has 3 heteroatoms. The summed E-state index contributed by atoms with van der Waals surface area (Å²) in [5.74, 6) is 2.67. The predicted octanol–water partition coefficient (Wildman–Crippen LogP) is 5.46. The Morgan fingerprint density at radius 3 is 1.80 bits per heavy atom. The topological polar surface area (TPSA) is 27.7 Å². The van der Waals surface area contributed by atoms with Crippen molar-refractivity contribution >= 4 is 10.8 Å². The van der Waals surface area contributed by atoms with Crippen LogP contribution in [0.3, 0.4) is 0 Å². The molecule has 0 radical (unpaired) electrons. The van der Waals surface area contributed by atoms with Crippen molar-refractivity contribution in [1.29, 1.82) is 0 Å². The maximum absolute atomic E-state index is 5.81. The van der Waals surface area contributed by atoms with Crippen LogP contribution in [0.5, 0.6) is 17.2 Å². The van der Waals surface area contributed by atoms with Gasteiger partial charge in [-0.25, -0.2) is 0 Å². The first kappa shape index (κ1) is 17.2. The standard InChI is InChI=1S/C22H24O3/c1-13-14(2)22(25-6)20(15(3)21(13)24-5)18-11-12-19(23-4)17-10-8-7-9-16(17)18/h7-12H,1-6H3. The average Bonchev–Trinajstić information content (AvgIpc) is 2.64. The van der Waals surface area contributed by atoms with Crippen molar-refractivity contribution in [2.24, 2.45) is 0 Å². The minimum Gasteiger partial charge on any atom is -0.496 e. The summed E-state index contributed by atoms with van der Waals surface area (Å²) in [4.78, 5) is 0. The summed E-state index contributed by atoms with van der Waals surface area (Å²) in [6.45, 7) is 6.23. The van der Waals surface area contributed by atoms with Crippen LogP contribution in [0, 0.1) is 20.8 Å². The van der Waals surface area contributed by atoms with E-state index in [1.807, 2.05) is 18.2 Å². The van der Waals surface area contributed by atoms with Crippen molar-refractivity contribution in [2.45, 2.75) is 20.8 Å². The molecule has 3 aromatic carbocycles. The van der Waals surface area contributed by atoms with Gasteiger partial charge in [-0.3, -0.25) is 0 Å². The maximum atomic E-state index is 5.81. The molecule has 0 unspecified atom stereocenters. The molecule has 0 spiro atoms. The van der Waals surface area contributed by atoms with Gasteiger partial charge in [0.1, 0.15) is 17.2 Å². The molecule has 0 saturated carbocycles. The number of benzene rings is 3. The lowest BCUT2D eigenvalue weighted by Crippen LogP contribution is -2.02. The van der Waals surface area contributed by atoms with Gasteiger partial charge in [-0.15, -0.1) is 0 Å². The third-order valence-corrected chi connectivity index (χ3v) is 4.97. The molecule has 0 fully saturated rings. The monoisotopic (exact) mass is 336 g/mol. The molecule has 0 aromatic heterocycles. The van der Waals surface area contributed by atoms with Crippen molar-refractivity contribution in [3.8, 4) is 28.4 Å². The lowest BCUT2D eigenvalue weighted by atomic mass is 9.89. The van der Waals surface area contributed by atoms with Gasteiger partial charge in [-0.1, -0.05) is 24.3 Å². The molecule has 0 aliphatic heterocycles. The summed E-state index contributed by atoms with van der Waals surface area (Å²) >= 11 is 0. The van der Waals surface area contributed by atoms with Crippen LogP contribution in [0.4, 0.5) is 0 Å². The molecular formula is C22H24O3. The minimum absolute atomic E-state index is 0.867. The van der Waals surface area contributed by atoms with E-state index in [4.69, 9.17) is 14.2 Å². The molecule has 0 heterocycles. The lowest BCUT2D eigenvalue weighted by molar-refractivity contribution is 0.396. The van der Waals surface area contributed by atoms with Gasteiger partial charge in [-0.2, -0.15) is 0 Å². The van der Waals surface area contributed by atoms with Crippen molar-refractivity contribution in [3.63, 3.8) is 0 Å². The van der Waals surface area contributed by atoms with Crippen LogP contribution in [0.1, 0.15) is 16.7 Å². The Balaban J connectivity index is 2.46. The Kier molecular flexibility index (Phi) is 4.58. The molecule has 3 nitrogen and oxygen atoms in total. The first-order valence-corrected chi connectivity index (χ1v) is 8.33. The van der Waals surface area contributed by atoms with E-state index in [1.54, 1.807) is 21.3 Å². The zero-order chi connectivity index (χ0) is 18.1. The van der Waals surface area contributed by atoms with Gasteiger partial charge < -0.3 is 14.2 Å². The number of hydrogen-bond acceptors (Lipinski definition) is 3. The van der Waals surface area contributed by atoms with Gasteiger partial charge in [-0.05, 0) is 55.0 Å². The second-order valence-electron chi connectivity index (χ2n) is 6.18. The Morgan fingerprint density at radius 1 is 0.600 bits per heavy atom. The molecular weight excluding hydrogens is 312 g/mol. The fraction of sp³-hybridized carbons (Fsp3) is 0.273. The van der Waals surface area contributed by atoms with Crippen LogP contribution in [-0.2, 0) is 0 Å². The molecule has 130 valence electrons. The summed E-state index contributed by atoms with van der Waals surface area (Å²) in [5.41, 5.74) is 5.48. The highest BCUT2D eigenvalue weighted by molar-refractivity contribution is 6.02. The normalized spacial score (nSPS) is 10.8. The fourth-order valence-electron chi connectivity index (χ4n) is 3.65. The highest BCUT2D eigenvalue weighted by Gasteiger charge is 2.21. The summed E-state index contributed by atoms with van der Waals surface area (Å²) in [7, 11) is 5.15. The molecule has 0 N–H and O–H groups in total. The van der Waals surface area contributed by atoms with Gasteiger partial charge in [0, 0.05) is 16.5 Å². The van der Waals surface area contributed by atoms with E-state index < -0.39 is 0 Å². The Bertz CT molecular complexity index is 942. The molecule has 0 amide bonds. The highest BCUT2D eigenvalue weighted by Crippen LogP contribution is 2.46. The Labute approximate surface area is 149 Å². The molecule has 0 bridgehead atoms. The van der Waals surface area contributed by atoms with Crippen LogP contribution in [-0.4, -0.2) is 21.3 Å². The summed E-state index contributed by atoms with van der Waals surface area (Å²) in [5, 5.41) is 2.22. The second kappa shape index (κ2) is 6.67. The molecule has 0 saturated heterocycles. The number of methoxy groups -OCH3 is 3. The Hall–Kier alpha value is -2.68. The zero-order valence-electron chi connectivity index (χ0n) is 15.7. The third kappa shape index (κ3) is 2.60. The van der Waals surface area contributed by atoms with E-state index in [-0.39, 0.29) is 0 Å². The van der Waals surface area contributed by atoms with Gasteiger partial charge in [0.2, 0.25) is 0 Å². The van der Waals surface area contributed by atoms with Gasteiger partial charge in [0.25, 0.3) is 0 Å².